The van der Waals surface area contributed by atoms with Gasteiger partial charge in [0.1, 0.15) is 16.9 Å². The number of nitriles is 2. The van der Waals surface area contributed by atoms with Crippen molar-refractivity contribution in [2.45, 2.75) is 89.6 Å². The standard InChI is InChI=1S/C33H40N10OS/c1-19(23-10-8-14-41(23)4)43-31-22(16-37-43)30(42(5)18-32(2,3)17-35)38-29(39-31)26-20-9-6-12-33(27(20)44-40-26)13-7-11-24-25(33)21(15-34)28(36)45-24/h16,19,23H,6-14,18,36H2,1-5H3. The van der Waals surface area contributed by atoms with Crippen molar-refractivity contribution >= 4 is 33.2 Å². The zero-order valence-corrected chi connectivity index (χ0v) is 27.5. The first kappa shape index (κ1) is 29.7. The predicted molar refractivity (Wildman–Crippen MR) is 174 cm³/mol. The van der Waals surface area contributed by atoms with Crippen molar-refractivity contribution in [1.29, 1.82) is 10.5 Å². The van der Waals surface area contributed by atoms with Crippen molar-refractivity contribution in [3.8, 4) is 23.7 Å². The fourth-order valence-electron chi connectivity index (χ4n) is 8.23. The predicted octanol–water partition coefficient (Wildman–Crippen LogP) is 5.60. The second kappa shape index (κ2) is 10.8. The second-order valence-electron chi connectivity index (χ2n) is 13.9. The number of aryl methyl sites for hydroxylation is 1. The van der Waals surface area contributed by atoms with Gasteiger partial charge in [-0.1, -0.05) is 5.16 Å². The Hall–Kier alpha value is -4.00. The van der Waals surface area contributed by atoms with Crippen molar-refractivity contribution in [2.75, 3.05) is 37.8 Å². The Kier molecular flexibility index (Phi) is 7.14. The maximum atomic E-state index is 10.1. The zero-order valence-electron chi connectivity index (χ0n) is 26.7. The van der Waals surface area contributed by atoms with E-state index in [1.807, 2.05) is 36.7 Å². The van der Waals surface area contributed by atoms with Gasteiger partial charge in [-0.05, 0) is 91.3 Å². The Bertz CT molecular complexity index is 1870. The number of nitrogens with two attached hydrogens (primary N) is 1. The van der Waals surface area contributed by atoms with Crippen molar-refractivity contribution in [3.05, 3.63) is 33.5 Å². The molecule has 1 saturated heterocycles. The van der Waals surface area contributed by atoms with E-state index in [-0.39, 0.29) is 6.04 Å². The summed E-state index contributed by atoms with van der Waals surface area (Å²) >= 11 is 1.54. The maximum absolute atomic E-state index is 10.1. The molecule has 3 atom stereocenters. The highest BCUT2D eigenvalue weighted by molar-refractivity contribution is 7.16. The zero-order chi connectivity index (χ0) is 31.7. The van der Waals surface area contributed by atoms with Gasteiger partial charge in [-0.25, -0.2) is 14.6 Å². The monoisotopic (exact) mass is 624 g/mol. The highest BCUT2D eigenvalue weighted by atomic mass is 32.1. The Balaban J connectivity index is 1.40. The second-order valence-corrected chi connectivity index (χ2v) is 15.0. The number of fused-ring (bicyclic) bond motifs is 5. The van der Waals surface area contributed by atoms with Crippen LogP contribution in [-0.2, 0) is 18.3 Å². The van der Waals surface area contributed by atoms with Gasteiger partial charge >= 0.3 is 0 Å². The lowest BCUT2D eigenvalue weighted by Gasteiger charge is -2.39. The first-order valence-corrected chi connectivity index (χ1v) is 16.8. The van der Waals surface area contributed by atoms with Gasteiger partial charge in [0.15, 0.2) is 22.9 Å². The molecule has 2 N–H and O–H groups in total. The summed E-state index contributed by atoms with van der Waals surface area (Å²) in [6.07, 6.45) is 9.59. The lowest BCUT2D eigenvalue weighted by atomic mass is 9.63. The number of hydrogen-bond donors (Lipinski definition) is 1. The quantitative estimate of drug-likeness (QED) is 0.287. The number of nitrogen functional groups attached to an aromatic ring is 1. The topological polar surface area (TPSA) is 150 Å². The van der Waals surface area contributed by atoms with E-state index in [0.29, 0.717) is 34.7 Å². The van der Waals surface area contributed by atoms with Crippen LogP contribution in [-0.4, -0.2) is 63.0 Å². The van der Waals surface area contributed by atoms with Crippen LogP contribution in [0.3, 0.4) is 0 Å². The van der Waals surface area contributed by atoms with E-state index < -0.39 is 10.8 Å². The summed E-state index contributed by atoms with van der Waals surface area (Å²) in [5.74, 6) is 2.05. The number of aromatic nitrogens is 5. The first-order valence-electron chi connectivity index (χ1n) is 16.0. The van der Waals surface area contributed by atoms with Gasteiger partial charge in [-0.15, -0.1) is 11.3 Å². The minimum atomic E-state index is -0.582. The molecular weight excluding hydrogens is 584 g/mol. The third-order valence-electron chi connectivity index (χ3n) is 10.3. The lowest BCUT2D eigenvalue weighted by molar-refractivity contribution is 0.232. The summed E-state index contributed by atoms with van der Waals surface area (Å²) < 4.78 is 8.34. The molecule has 234 valence electrons. The van der Waals surface area contributed by atoms with Gasteiger partial charge in [0.25, 0.3) is 0 Å². The fraction of sp³-hybridized carbons (Fsp3) is 0.576. The van der Waals surface area contributed by atoms with Crippen LogP contribution in [0.25, 0.3) is 22.6 Å². The summed E-state index contributed by atoms with van der Waals surface area (Å²) in [5, 5.41) is 30.9. The van der Waals surface area contributed by atoms with Crippen LogP contribution < -0.4 is 10.6 Å². The molecule has 1 fully saturated rings. The maximum Gasteiger partial charge on any atom is 0.186 e. The van der Waals surface area contributed by atoms with Crippen LogP contribution in [0.4, 0.5) is 10.8 Å². The van der Waals surface area contributed by atoms with E-state index in [9.17, 15) is 10.5 Å². The number of hydrogen-bond acceptors (Lipinski definition) is 11. The van der Waals surface area contributed by atoms with Gasteiger partial charge < -0.3 is 20.1 Å². The molecule has 0 saturated carbocycles. The van der Waals surface area contributed by atoms with Crippen molar-refractivity contribution in [2.24, 2.45) is 5.41 Å². The summed E-state index contributed by atoms with van der Waals surface area (Å²) in [4.78, 5) is 15.9. The van der Waals surface area contributed by atoms with E-state index in [0.717, 1.165) is 85.2 Å². The molecular formula is C33H40N10OS. The molecule has 1 aliphatic heterocycles. The molecule has 45 heavy (non-hydrogen) atoms. The van der Waals surface area contributed by atoms with Crippen LogP contribution in [0.2, 0.25) is 0 Å². The van der Waals surface area contributed by atoms with Crippen LogP contribution in [0.15, 0.2) is 10.7 Å². The molecule has 7 rings (SSSR count). The molecule has 0 aromatic carbocycles. The van der Waals surface area contributed by atoms with E-state index in [1.165, 1.54) is 11.3 Å². The summed E-state index contributed by atoms with van der Waals surface area (Å²) in [5.41, 5.74) is 9.42. The summed E-state index contributed by atoms with van der Waals surface area (Å²) in [6.45, 7) is 7.64. The minimum absolute atomic E-state index is 0.107. The molecule has 0 radical (unpaired) electrons. The Morgan fingerprint density at radius 2 is 2.00 bits per heavy atom. The number of rotatable bonds is 6. The molecule has 12 heteroatoms. The third kappa shape index (κ3) is 4.60. The third-order valence-corrected chi connectivity index (χ3v) is 11.4. The molecule has 3 unspecified atom stereocenters. The van der Waals surface area contributed by atoms with Gasteiger partial charge in [0.2, 0.25) is 0 Å². The van der Waals surface area contributed by atoms with Gasteiger partial charge in [-0.3, -0.25) is 0 Å². The molecule has 2 aliphatic carbocycles. The molecule has 4 aromatic rings. The smallest absolute Gasteiger partial charge is 0.186 e. The number of thiophene rings is 1. The van der Waals surface area contributed by atoms with Crippen molar-refractivity contribution in [1.82, 2.24) is 29.8 Å². The highest BCUT2D eigenvalue weighted by Gasteiger charge is 2.49. The number of likely N-dealkylation sites (N-methyl/N-ethyl adjacent to an activating group) is 1. The van der Waals surface area contributed by atoms with Crippen LogP contribution in [0.1, 0.15) is 92.7 Å². The van der Waals surface area contributed by atoms with Crippen LogP contribution in [0, 0.1) is 28.1 Å². The van der Waals surface area contributed by atoms with E-state index in [1.54, 1.807) is 11.3 Å². The number of nitrogens with zero attached hydrogens (tertiary/aromatic N) is 9. The molecule has 1 spiro atoms. The van der Waals surface area contributed by atoms with Gasteiger partial charge in [0.05, 0.1) is 40.1 Å². The Morgan fingerprint density at radius 1 is 1.22 bits per heavy atom. The minimum Gasteiger partial charge on any atom is -0.389 e. The molecule has 3 aliphatic rings. The number of likely N-dealkylation sites (tertiary alicyclic amines) is 1. The normalized spacial score (nSPS) is 22.2. The van der Waals surface area contributed by atoms with Crippen LogP contribution in [0.5, 0.6) is 0 Å². The Labute approximate surface area is 267 Å². The molecule has 11 nitrogen and oxygen atoms in total. The average molecular weight is 625 g/mol. The highest BCUT2D eigenvalue weighted by Crippen LogP contribution is 2.55. The first-order chi connectivity index (χ1) is 21.6. The fourth-order valence-corrected chi connectivity index (χ4v) is 9.40. The van der Waals surface area contributed by atoms with E-state index in [2.05, 4.69) is 36.2 Å². The molecule has 5 heterocycles. The van der Waals surface area contributed by atoms with Crippen LogP contribution >= 0.6 is 11.3 Å². The van der Waals surface area contributed by atoms with Gasteiger partial charge in [-0.2, -0.15) is 15.6 Å². The van der Waals surface area contributed by atoms with Gasteiger partial charge in [0, 0.05) is 30.1 Å². The molecule has 0 amide bonds. The molecule has 4 aromatic heterocycles. The van der Waals surface area contributed by atoms with E-state index in [4.69, 9.17) is 25.3 Å². The largest absolute Gasteiger partial charge is 0.389 e. The number of anilines is 2. The SMILES string of the molecule is CC(C1CCCN1C)n1ncc2c(N(C)CC(C)(C)C#N)nc(-c3noc4c3CCCC43CCCc4sc(N)c(C#N)c43)nc21. The summed E-state index contributed by atoms with van der Waals surface area (Å²) in [7, 11) is 4.15. The van der Waals surface area contributed by atoms with E-state index >= 15 is 0 Å². The van der Waals surface area contributed by atoms with Crippen molar-refractivity contribution < 1.29 is 4.52 Å². The average Bonchev–Trinajstić information content (AvgIpc) is 3.81. The Morgan fingerprint density at radius 3 is 2.71 bits per heavy atom. The lowest BCUT2D eigenvalue weighted by Crippen LogP contribution is -2.35. The summed E-state index contributed by atoms with van der Waals surface area (Å²) in [6, 6.07) is 5.29. The van der Waals surface area contributed by atoms with Crippen molar-refractivity contribution in [3.63, 3.8) is 0 Å². The molecule has 0 bridgehead atoms.